The fourth-order valence-corrected chi connectivity index (χ4v) is 3.30. The van der Waals surface area contributed by atoms with Crippen LogP contribution in [0.15, 0.2) is 30.3 Å². The number of likely N-dealkylation sites (tertiary alicyclic amines) is 1. The molecule has 0 spiro atoms. The van der Waals surface area contributed by atoms with Crippen LogP contribution in [0.5, 0.6) is 0 Å². The Labute approximate surface area is 121 Å². The molecule has 0 bridgehead atoms. The highest BCUT2D eigenvalue weighted by atomic mass is 32.1. The van der Waals surface area contributed by atoms with E-state index in [-0.39, 0.29) is 11.2 Å². The topological polar surface area (TPSA) is 20.3 Å². The van der Waals surface area contributed by atoms with Crippen LogP contribution in [-0.4, -0.2) is 28.1 Å². The van der Waals surface area contributed by atoms with Crippen molar-refractivity contribution in [1.29, 1.82) is 0 Å². The maximum Gasteiger partial charge on any atom is 0.236 e. The lowest BCUT2D eigenvalue weighted by Crippen LogP contribution is -2.50. The molecule has 2 nitrogen and oxygen atoms in total. The Morgan fingerprint density at radius 2 is 1.84 bits per heavy atom. The number of thiol groups is 1. The molecule has 1 heterocycles. The van der Waals surface area contributed by atoms with Crippen LogP contribution in [-0.2, 0) is 11.2 Å². The fraction of sp³-hybridized carbons (Fsp3) is 0.562. The number of hydrogen-bond donors (Lipinski definition) is 1. The predicted octanol–water partition coefficient (Wildman–Crippen LogP) is 3.32. The molecule has 3 atom stereocenters. The minimum Gasteiger partial charge on any atom is -0.336 e. The monoisotopic (exact) mass is 277 g/mol. The second kappa shape index (κ2) is 6.47. The van der Waals surface area contributed by atoms with E-state index in [0.29, 0.717) is 18.5 Å². The number of benzene rings is 1. The summed E-state index contributed by atoms with van der Waals surface area (Å²) < 4.78 is 0. The normalized spacial score (nSPS) is 25.1. The first kappa shape index (κ1) is 14.4. The Hall–Kier alpha value is -0.960. The molecule has 0 aliphatic carbocycles. The summed E-state index contributed by atoms with van der Waals surface area (Å²) in [7, 11) is 0. The summed E-state index contributed by atoms with van der Waals surface area (Å²) in [6, 6.07) is 10.8. The van der Waals surface area contributed by atoms with E-state index in [0.717, 1.165) is 12.8 Å². The highest BCUT2D eigenvalue weighted by Gasteiger charge is 2.31. The van der Waals surface area contributed by atoms with Gasteiger partial charge in [-0.05, 0) is 45.1 Å². The van der Waals surface area contributed by atoms with Crippen LogP contribution in [0.25, 0.3) is 0 Å². The molecule has 0 saturated carbocycles. The second-order valence-corrected chi connectivity index (χ2v) is 6.20. The first-order valence-corrected chi connectivity index (χ1v) is 7.65. The third kappa shape index (κ3) is 3.53. The van der Waals surface area contributed by atoms with E-state index in [1.165, 1.54) is 12.0 Å². The Kier molecular flexibility index (Phi) is 4.92. The van der Waals surface area contributed by atoms with Gasteiger partial charge in [0.15, 0.2) is 0 Å². The molecule has 19 heavy (non-hydrogen) atoms. The molecule has 1 aromatic rings. The molecule has 1 amide bonds. The van der Waals surface area contributed by atoms with Crippen molar-refractivity contribution >= 4 is 18.5 Å². The van der Waals surface area contributed by atoms with Crippen LogP contribution in [0.4, 0.5) is 0 Å². The molecule has 0 radical (unpaired) electrons. The maximum absolute atomic E-state index is 12.6. The standard InChI is InChI=1S/C16H23NOS/c1-12-7-6-8-13(2)17(12)16(18)15(19)11-14-9-4-3-5-10-14/h3-5,9-10,12-13,15,19H,6-8,11H2,1-2H3. The van der Waals surface area contributed by atoms with Crippen molar-refractivity contribution in [2.45, 2.75) is 56.9 Å². The van der Waals surface area contributed by atoms with Crippen molar-refractivity contribution in [3.05, 3.63) is 35.9 Å². The number of nitrogens with zero attached hydrogens (tertiary/aromatic N) is 1. The molecule has 3 unspecified atom stereocenters. The van der Waals surface area contributed by atoms with Crippen molar-refractivity contribution in [2.75, 3.05) is 0 Å². The quantitative estimate of drug-likeness (QED) is 0.840. The Balaban J connectivity index is 2.02. The summed E-state index contributed by atoms with van der Waals surface area (Å²) in [5.41, 5.74) is 1.17. The third-order valence-corrected chi connectivity index (χ3v) is 4.41. The SMILES string of the molecule is CC1CCCC(C)N1C(=O)C(S)Cc1ccccc1. The number of rotatable bonds is 3. The van der Waals surface area contributed by atoms with Crippen LogP contribution in [0.3, 0.4) is 0 Å². The largest absolute Gasteiger partial charge is 0.336 e. The lowest BCUT2D eigenvalue weighted by Gasteiger charge is -2.40. The van der Waals surface area contributed by atoms with Crippen molar-refractivity contribution in [3.8, 4) is 0 Å². The van der Waals surface area contributed by atoms with Crippen LogP contribution in [0.2, 0.25) is 0 Å². The molecule has 1 aliphatic heterocycles. The molecule has 1 fully saturated rings. The lowest BCUT2D eigenvalue weighted by atomic mass is 9.96. The minimum atomic E-state index is -0.231. The first-order chi connectivity index (χ1) is 9.09. The molecule has 3 heteroatoms. The van der Waals surface area contributed by atoms with E-state index in [2.05, 4.69) is 38.6 Å². The van der Waals surface area contributed by atoms with Gasteiger partial charge in [0, 0.05) is 12.1 Å². The van der Waals surface area contributed by atoms with E-state index < -0.39 is 0 Å². The lowest BCUT2D eigenvalue weighted by molar-refractivity contribution is -0.136. The molecule has 0 N–H and O–H groups in total. The predicted molar refractivity (Wildman–Crippen MR) is 82.5 cm³/mol. The molecule has 104 valence electrons. The van der Waals surface area contributed by atoms with Crippen LogP contribution in [0, 0.1) is 0 Å². The number of hydrogen-bond acceptors (Lipinski definition) is 2. The number of carbonyl (C=O) groups is 1. The van der Waals surface area contributed by atoms with Gasteiger partial charge in [-0.25, -0.2) is 0 Å². The molecule has 1 aromatic carbocycles. The highest BCUT2D eigenvalue weighted by molar-refractivity contribution is 7.81. The number of piperidine rings is 1. The number of carbonyl (C=O) groups excluding carboxylic acids is 1. The minimum absolute atomic E-state index is 0.187. The summed E-state index contributed by atoms with van der Waals surface area (Å²) in [6.45, 7) is 4.30. The molecule has 2 rings (SSSR count). The Bertz CT molecular complexity index is 410. The number of amides is 1. The summed E-state index contributed by atoms with van der Waals surface area (Å²) in [5.74, 6) is 0.187. The molecule has 1 aliphatic rings. The van der Waals surface area contributed by atoms with Gasteiger partial charge in [-0.1, -0.05) is 30.3 Å². The molecule has 0 aromatic heterocycles. The van der Waals surface area contributed by atoms with Gasteiger partial charge >= 0.3 is 0 Å². The van der Waals surface area contributed by atoms with Crippen molar-refractivity contribution in [2.24, 2.45) is 0 Å². The average molecular weight is 277 g/mol. The van der Waals surface area contributed by atoms with E-state index in [4.69, 9.17) is 0 Å². The average Bonchev–Trinajstić information content (AvgIpc) is 2.39. The van der Waals surface area contributed by atoms with Gasteiger partial charge in [0.1, 0.15) is 0 Å². The van der Waals surface area contributed by atoms with Gasteiger partial charge in [-0.3, -0.25) is 4.79 Å². The van der Waals surface area contributed by atoms with Crippen molar-refractivity contribution < 1.29 is 4.79 Å². The van der Waals surface area contributed by atoms with Crippen LogP contribution >= 0.6 is 12.6 Å². The second-order valence-electron chi connectivity index (χ2n) is 5.58. The zero-order valence-electron chi connectivity index (χ0n) is 11.7. The highest BCUT2D eigenvalue weighted by Crippen LogP contribution is 2.25. The zero-order valence-corrected chi connectivity index (χ0v) is 12.6. The van der Waals surface area contributed by atoms with E-state index in [1.807, 2.05) is 23.1 Å². The summed E-state index contributed by atoms with van der Waals surface area (Å²) in [5, 5.41) is -0.231. The van der Waals surface area contributed by atoms with Gasteiger partial charge in [-0.15, -0.1) is 0 Å². The molecular formula is C16H23NOS. The fourth-order valence-electron chi connectivity index (χ4n) is 2.95. The summed E-state index contributed by atoms with van der Waals surface area (Å²) in [4.78, 5) is 14.6. The summed E-state index contributed by atoms with van der Waals surface area (Å²) >= 11 is 4.54. The third-order valence-electron chi connectivity index (χ3n) is 4.00. The first-order valence-electron chi connectivity index (χ1n) is 7.13. The van der Waals surface area contributed by atoms with E-state index >= 15 is 0 Å². The molecular weight excluding hydrogens is 254 g/mol. The van der Waals surface area contributed by atoms with E-state index in [1.54, 1.807) is 0 Å². The molecule has 1 saturated heterocycles. The van der Waals surface area contributed by atoms with Crippen molar-refractivity contribution in [3.63, 3.8) is 0 Å². The summed E-state index contributed by atoms with van der Waals surface area (Å²) in [6.07, 6.45) is 4.16. The Morgan fingerprint density at radius 3 is 2.42 bits per heavy atom. The van der Waals surface area contributed by atoms with Gasteiger partial charge < -0.3 is 4.90 Å². The zero-order chi connectivity index (χ0) is 13.8. The van der Waals surface area contributed by atoms with Gasteiger partial charge in [0.25, 0.3) is 0 Å². The smallest absolute Gasteiger partial charge is 0.236 e. The maximum atomic E-state index is 12.6. The van der Waals surface area contributed by atoms with Crippen molar-refractivity contribution in [1.82, 2.24) is 4.90 Å². The van der Waals surface area contributed by atoms with Crippen LogP contribution < -0.4 is 0 Å². The van der Waals surface area contributed by atoms with Gasteiger partial charge in [0.2, 0.25) is 5.91 Å². The van der Waals surface area contributed by atoms with E-state index in [9.17, 15) is 4.79 Å². The Morgan fingerprint density at radius 1 is 1.26 bits per heavy atom. The van der Waals surface area contributed by atoms with Crippen LogP contribution in [0.1, 0.15) is 38.7 Å². The van der Waals surface area contributed by atoms with Gasteiger partial charge in [0.05, 0.1) is 5.25 Å². The van der Waals surface area contributed by atoms with Gasteiger partial charge in [-0.2, -0.15) is 12.6 Å².